The average molecular weight is 392 g/mol. The zero-order chi connectivity index (χ0) is 19.1. The number of aryl methyl sites for hydroxylation is 1. The van der Waals surface area contributed by atoms with Gasteiger partial charge in [0.15, 0.2) is 0 Å². The number of hydrogen-bond acceptors (Lipinski definition) is 5. The van der Waals surface area contributed by atoms with Crippen molar-refractivity contribution in [1.29, 1.82) is 0 Å². The molecule has 7 heteroatoms. The lowest BCUT2D eigenvalue weighted by molar-refractivity contribution is 0.208. The van der Waals surface area contributed by atoms with Gasteiger partial charge in [0.05, 0.1) is 0 Å². The second kappa shape index (κ2) is 6.91. The number of carbonyl (C=O) groups is 1. The Morgan fingerprint density at radius 3 is 2.61 bits per heavy atom. The summed E-state index contributed by atoms with van der Waals surface area (Å²) in [5, 5.41) is 4.01. The van der Waals surface area contributed by atoms with E-state index in [0.717, 1.165) is 36.2 Å². The van der Waals surface area contributed by atoms with E-state index < -0.39 is 0 Å². The van der Waals surface area contributed by atoms with E-state index in [9.17, 15) is 4.79 Å². The van der Waals surface area contributed by atoms with Gasteiger partial charge in [-0.05, 0) is 47.7 Å². The Balaban J connectivity index is 1.23. The molecular formula is C21H21N5OS. The van der Waals surface area contributed by atoms with Crippen molar-refractivity contribution >= 4 is 28.4 Å². The molecule has 2 heterocycles. The minimum Gasteiger partial charge on any atom is -0.343 e. The number of hydrogen-bond donors (Lipinski definition) is 1. The second-order valence-electron chi connectivity index (χ2n) is 7.23. The molecule has 1 N–H and O–H groups in total. The van der Waals surface area contributed by atoms with Crippen LogP contribution in [-0.2, 0) is 6.42 Å². The van der Waals surface area contributed by atoms with E-state index in [-0.39, 0.29) is 6.03 Å². The van der Waals surface area contributed by atoms with E-state index >= 15 is 0 Å². The van der Waals surface area contributed by atoms with Crippen molar-refractivity contribution in [3.05, 3.63) is 59.4 Å². The maximum absolute atomic E-state index is 12.7. The highest BCUT2D eigenvalue weighted by atomic mass is 32.1. The van der Waals surface area contributed by atoms with Crippen molar-refractivity contribution in [2.75, 3.05) is 36.4 Å². The van der Waals surface area contributed by atoms with Gasteiger partial charge < -0.3 is 15.1 Å². The maximum Gasteiger partial charge on any atom is 0.321 e. The van der Waals surface area contributed by atoms with Crippen LogP contribution in [0.5, 0.6) is 0 Å². The highest BCUT2D eigenvalue weighted by molar-refractivity contribution is 7.09. The number of urea groups is 1. The van der Waals surface area contributed by atoms with Gasteiger partial charge in [-0.3, -0.25) is 0 Å². The molecule has 1 saturated heterocycles. The van der Waals surface area contributed by atoms with Gasteiger partial charge in [-0.25, -0.2) is 9.78 Å². The normalized spacial score (nSPS) is 15.3. The number of amides is 2. The van der Waals surface area contributed by atoms with E-state index in [1.54, 1.807) is 0 Å². The van der Waals surface area contributed by atoms with Crippen molar-refractivity contribution < 1.29 is 4.79 Å². The first-order valence-corrected chi connectivity index (χ1v) is 10.3. The zero-order valence-corrected chi connectivity index (χ0v) is 16.5. The van der Waals surface area contributed by atoms with Crippen LogP contribution in [0.2, 0.25) is 0 Å². The summed E-state index contributed by atoms with van der Waals surface area (Å²) in [5.41, 5.74) is 6.06. The number of anilines is 2. The molecule has 3 aromatic rings. The maximum atomic E-state index is 12.7. The highest BCUT2D eigenvalue weighted by Crippen LogP contribution is 2.37. The molecule has 6 nitrogen and oxygen atoms in total. The Labute approximate surface area is 168 Å². The number of nitrogens with zero attached hydrogens (tertiary/aromatic N) is 4. The van der Waals surface area contributed by atoms with Crippen molar-refractivity contribution in [3.8, 4) is 11.1 Å². The largest absolute Gasteiger partial charge is 0.343 e. The van der Waals surface area contributed by atoms with Gasteiger partial charge in [-0.15, -0.1) is 0 Å². The van der Waals surface area contributed by atoms with Gasteiger partial charge in [0.2, 0.25) is 5.13 Å². The Bertz CT molecular complexity index is 1040. The van der Waals surface area contributed by atoms with Gasteiger partial charge >= 0.3 is 6.03 Å². The number of benzene rings is 2. The summed E-state index contributed by atoms with van der Waals surface area (Å²) in [5.74, 6) is 0.805. The van der Waals surface area contributed by atoms with Gasteiger partial charge in [-0.1, -0.05) is 30.3 Å². The van der Waals surface area contributed by atoms with Gasteiger partial charge in [0, 0.05) is 43.4 Å². The molecule has 0 atom stereocenters. The van der Waals surface area contributed by atoms with Crippen molar-refractivity contribution in [3.63, 3.8) is 0 Å². The monoisotopic (exact) mass is 391 g/mol. The van der Waals surface area contributed by atoms with Gasteiger partial charge in [0.1, 0.15) is 5.82 Å². The van der Waals surface area contributed by atoms with Crippen molar-refractivity contribution in [2.45, 2.75) is 13.3 Å². The van der Waals surface area contributed by atoms with E-state index in [0.29, 0.717) is 13.1 Å². The summed E-state index contributed by atoms with van der Waals surface area (Å²) < 4.78 is 4.24. The Morgan fingerprint density at radius 2 is 1.82 bits per heavy atom. The molecule has 2 aliphatic rings. The predicted molar refractivity (Wildman–Crippen MR) is 112 cm³/mol. The molecule has 28 heavy (non-hydrogen) atoms. The van der Waals surface area contributed by atoms with Crippen LogP contribution in [0.1, 0.15) is 17.0 Å². The zero-order valence-electron chi connectivity index (χ0n) is 15.7. The Morgan fingerprint density at radius 1 is 1.04 bits per heavy atom. The molecule has 142 valence electrons. The molecule has 0 radical (unpaired) electrons. The van der Waals surface area contributed by atoms with Crippen LogP contribution in [0.15, 0.2) is 42.5 Å². The van der Waals surface area contributed by atoms with E-state index in [1.165, 1.54) is 33.8 Å². The number of aromatic nitrogens is 2. The van der Waals surface area contributed by atoms with Crippen LogP contribution < -0.4 is 10.2 Å². The fraction of sp³-hybridized carbons (Fsp3) is 0.286. The summed E-state index contributed by atoms with van der Waals surface area (Å²) in [6.07, 6.45) is 0.926. The standard InChI is InChI=1S/C21H21N5OS/c1-14-22-21(28-24-14)26-10-8-25(9-11-26)20(27)23-17-6-7-19-16(13-17)12-15-4-2-3-5-18(15)19/h2-7,13H,8-12H2,1H3,(H,23,27). The molecule has 2 amide bonds. The Hall–Kier alpha value is -2.93. The van der Waals surface area contributed by atoms with Crippen LogP contribution in [0, 0.1) is 6.92 Å². The van der Waals surface area contributed by atoms with Crippen LogP contribution in [0.25, 0.3) is 11.1 Å². The molecule has 1 aromatic heterocycles. The van der Waals surface area contributed by atoms with Gasteiger partial charge in [0.25, 0.3) is 0 Å². The van der Waals surface area contributed by atoms with Gasteiger partial charge in [-0.2, -0.15) is 4.37 Å². The minimum atomic E-state index is -0.0384. The molecule has 0 unspecified atom stereocenters. The molecule has 5 rings (SSSR count). The first-order chi connectivity index (χ1) is 13.7. The van der Waals surface area contributed by atoms with Crippen molar-refractivity contribution in [2.24, 2.45) is 0 Å². The lowest BCUT2D eigenvalue weighted by Crippen LogP contribution is -2.50. The SMILES string of the molecule is Cc1nsc(N2CCN(C(=O)Nc3ccc4c(c3)Cc3ccccc3-4)CC2)n1. The molecule has 0 saturated carbocycles. The molecule has 1 aliphatic heterocycles. The fourth-order valence-corrected chi connectivity index (χ4v) is 4.67. The first kappa shape index (κ1) is 17.2. The second-order valence-corrected chi connectivity index (χ2v) is 7.96. The van der Waals surface area contributed by atoms with E-state index in [1.807, 2.05) is 17.9 Å². The average Bonchev–Trinajstić information content (AvgIpc) is 3.31. The topological polar surface area (TPSA) is 61.4 Å². The van der Waals surface area contributed by atoms with Crippen LogP contribution in [-0.4, -0.2) is 46.5 Å². The lowest BCUT2D eigenvalue weighted by atomic mass is 10.1. The quantitative estimate of drug-likeness (QED) is 0.565. The Kier molecular flexibility index (Phi) is 4.24. The van der Waals surface area contributed by atoms with E-state index in [4.69, 9.17) is 0 Å². The molecule has 2 aromatic carbocycles. The van der Waals surface area contributed by atoms with Crippen LogP contribution in [0.3, 0.4) is 0 Å². The number of carbonyl (C=O) groups excluding carboxylic acids is 1. The summed E-state index contributed by atoms with van der Waals surface area (Å²) >= 11 is 1.42. The summed E-state index contributed by atoms with van der Waals surface area (Å²) in [4.78, 5) is 21.2. The number of rotatable bonds is 2. The summed E-state index contributed by atoms with van der Waals surface area (Å²) in [6, 6.07) is 14.7. The lowest BCUT2D eigenvalue weighted by Gasteiger charge is -2.34. The molecule has 0 spiro atoms. The number of piperazine rings is 1. The predicted octanol–water partition coefficient (Wildman–Crippen LogP) is 3.77. The number of fused-ring (bicyclic) bond motifs is 3. The van der Waals surface area contributed by atoms with Crippen LogP contribution in [0.4, 0.5) is 15.6 Å². The van der Waals surface area contributed by atoms with Crippen LogP contribution >= 0.6 is 11.5 Å². The summed E-state index contributed by atoms with van der Waals surface area (Å²) in [6.45, 7) is 4.82. The highest BCUT2D eigenvalue weighted by Gasteiger charge is 2.24. The fourth-order valence-electron chi connectivity index (χ4n) is 3.94. The third kappa shape index (κ3) is 3.11. The smallest absolute Gasteiger partial charge is 0.321 e. The molecular weight excluding hydrogens is 370 g/mol. The summed E-state index contributed by atoms with van der Waals surface area (Å²) in [7, 11) is 0. The van der Waals surface area contributed by atoms with Crippen molar-refractivity contribution in [1.82, 2.24) is 14.3 Å². The first-order valence-electron chi connectivity index (χ1n) is 9.50. The number of nitrogens with one attached hydrogen (secondary N) is 1. The van der Waals surface area contributed by atoms with E-state index in [2.05, 4.69) is 56.0 Å². The minimum absolute atomic E-state index is 0.0384. The third-order valence-corrected chi connectivity index (χ3v) is 6.27. The third-order valence-electron chi connectivity index (χ3n) is 5.40. The molecule has 0 bridgehead atoms. The molecule has 1 fully saturated rings. The molecule has 1 aliphatic carbocycles.